The molecule has 3 aromatic carbocycles. The van der Waals surface area contributed by atoms with E-state index >= 15 is 0 Å². The zero-order valence-electron chi connectivity index (χ0n) is 35.8. The molecule has 0 aromatic heterocycles. The van der Waals surface area contributed by atoms with E-state index in [1.807, 2.05) is 80.6 Å². The van der Waals surface area contributed by atoms with Gasteiger partial charge < -0.3 is 47.1 Å². The first kappa shape index (κ1) is 46.1. The van der Waals surface area contributed by atoms with Gasteiger partial charge >= 0.3 is 17.9 Å². The Morgan fingerprint density at radius 1 is 0.712 bits per heavy atom. The van der Waals surface area contributed by atoms with Gasteiger partial charge in [0.1, 0.15) is 18.3 Å². The molecule has 2 saturated heterocycles. The number of ether oxygens (including phenoxy) is 9. The second-order valence-electron chi connectivity index (χ2n) is 16.0. The Kier molecular flexibility index (Phi) is 15.7. The summed E-state index contributed by atoms with van der Waals surface area (Å²) >= 11 is 0. The fourth-order valence-corrected chi connectivity index (χ4v) is 13.1. The van der Waals surface area contributed by atoms with E-state index < -0.39 is 92.0 Å². The number of carbonyl (C=O) groups excluding carboxylic acids is 3. The van der Waals surface area contributed by atoms with Gasteiger partial charge in [0.25, 0.3) is 8.32 Å². The summed E-state index contributed by atoms with van der Waals surface area (Å²) in [4.78, 5) is 39.5. The van der Waals surface area contributed by atoms with Crippen molar-refractivity contribution in [2.75, 3.05) is 27.9 Å². The Labute approximate surface area is 349 Å². The molecule has 0 amide bonds. The topological polar surface area (TPSA) is 144 Å². The number of benzene rings is 3. The van der Waals surface area contributed by atoms with E-state index in [-0.39, 0.29) is 19.6 Å². The van der Waals surface area contributed by atoms with Crippen LogP contribution in [0.3, 0.4) is 0 Å². The third-order valence-electron chi connectivity index (χ3n) is 11.4. The minimum atomic E-state index is -3.21. The van der Waals surface area contributed by atoms with Crippen molar-refractivity contribution in [1.29, 1.82) is 0 Å². The summed E-state index contributed by atoms with van der Waals surface area (Å²) in [6, 6.07) is 29.5. The number of hydrogen-bond donors (Lipinski definition) is 0. The van der Waals surface area contributed by atoms with E-state index in [0.29, 0.717) is 0 Å². The molecule has 0 radical (unpaired) electrons. The number of carbonyl (C=O) groups is 3. The number of methoxy groups -OCH3 is 3. The maximum atomic E-state index is 13.6. The molecule has 14 heteroatoms. The third kappa shape index (κ3) is 9.81. The van der Waals surface area contributed by atoms with Crippen molar-refractivity contribution in [2.45, 2.75) is 121 Å². The van der Waals surface area contributed by atoms with Crippen LogP contribution >= 0.6 is 0 Å². The monoisotopic (exact) mass is 836 g/mol. The molecular formula is C45H60O13Si. The Morgan fingerprint density at radius 3 is 1.73 bits per heavy atom. The molecule has 10 atom stereocenters. The van der Waals surface area contributed by atoms with Crippen molar-refractivity contribution in [3.8, 4) is 0 Å². The first-order valence-corrected chi connectivity index (χ1v) is 22.0. The van der Waals surface area contributed by atoms with Crippen LogP contribution in [0.25, 0.3) is 0 Å². The number of hydrogen-bond acceptors (Lipinski definition) is 13. The molecule has 59 heavy (non-hydrogen) atoms. The van der Waals surface area contributed by atoms with Crippen molar-refractivity contribution in [3.63, 3.8) is 0 Å². The average Bonchev–Trinajstić information content (AvgIpc) is 3.22. The molecule has 13 nitrogen and oxygen atoms in total. The molecule has 0 spiro atoms. The summed E-state index contributed by atoms with van der Waals surface area (Å²) in [6.07, 6.45) is -8.82. The second-order valence-corrected chi connectivity index (χ2v) is 20.3. The van der Waals surface area contributed by atoms with Gasteiger partial charge in [-0.3, -0.25) is 9.59 Å². The van der Waals surface area contributed by atoms with Gasteiger partial charge in [0.05, 0.1) is 26.4 Å². The summed E-state index contributed by atoms with van der Waals surface area (Å²) in [7, 11) is 1.10. The number of rotatable bonds is 16. The summed E-state index contributed by atoms with van der Waals surface area (Å²) in [5.74, 6) is -2.44. The molecule has 0 bridgehead atoms. The van der Waals surface area contributed by atoms with E-state index in [2.05, 4.69) is 45.0 Å². The van der Waals surface area contributed by atoms with Crippen molar-refractivity contribution in [3.05, 3.63) is 96.6 Å². The quantitative estimate of drug-likeness (QED) is 0.107. The molecule has 3 aromatic rings. The highest BCUT2D eigenvalue weighted by molar-refractivity contribution is 6.99. The average molecular weight is 837 g/mol. The van der Waals surface area contributed by atoms with Gasteiger partial charge in [-0.1, -0.05) is 126 Å². The minimum Gasteiger partial charge on any atom is -0.467 e. The van der Waals surface area contributed by atoms with Gasteiger partial charge in [0.15, 0.2) is 24.1 Å². The second kappa shape index (κ2) is 20.0. The van der Waals surface area contributed by atoms with Crippen LogP contribution in [0.15, 0.2) is 91.0 Å². The van der Waals surface area contributed by atoms with Crippen LogP contribution in [-0.4, -0.2) is 109 Å². The van der Waals surface area contributed by atoms with Crippen LogP contribution in [0.5, 0.6) is 0 Å². The summed E-state index contributed by atoms with van der Waals surface area (Å²) < 4.78 is 63.4. The van der Waals surface area contributed by atoms with Crippen molar-refractivity contribution in [2.24, 2.45) is 5.92 Å². The maximum absolute atomic E-state index is 13.6. The first-order chi connectivity index (χ1) is 28.2. The third-order valence-corrected chi connectivity index (χ3v) is 16.4. The van der Waals surface area contributed by atoms with Crippen molar-refractivity contribution >= 4 is 36.6 Å². The molecular weight excluding hydrogens is 777 g/mol. The lowest BCUT2D eigenvalue weighted by molar-refractivity contribution is -0.368. The van der Waals surface area contributed by atoms with Crippen LogP contribution in [0, 0.1) is 5.92 Å². The highest BCUT2D eigenvalue weighted by Crippen LogP contribution is 2.43. The number of esters is 3. The Balaban J connectivity index is 1.67. The predicted octanol–water partition coefficient (Wildman–Crippen LogP) is 5.10. The fraction of sp³-hybridized carbons (Fsp3) is 0.533. The van der Waals surface area contributed by atoms with E-state index in [1.54, 1.807) is 0 Å². The molecule has 322 valence electrons. The molecule has 0 N–H and O–H groups in total. The minimum absolute atomic E-state index is 0.0471. The van der Waals surface area contributed by atoms with Crippen molar-refractivity contribution < 1.29 is 61.4 Å². The molecule has 4 unspecified atom stereocenters. The first-order valence-electron chi connectivity index (χ1n) is 20.0. The Bertz CT molecular complexity index is 1770. The van der Waals surface area contributed by atoms with Crippen LogP contribution in [0.4, 0.5) is 0 Å². The SMILES string of the molecule is CCC1(C(=O)OC)O[C@@H](O[C@@H]2C(CO[Si](c3ccccc3)(c3ccccc3)C(C)(C)C)O[C@H](OC(C)=O)C(OCc3ccccc3)[C@H]2OC(C)=O)C(OC)[C@@H](OC)[C@@H]1C. The van der Waals surface area contributed by atoms with E-state index in [0.717, 1.165) is 15.9 Å². The van der Waals surface area contributed by atoms with Crippen LogP contribution in [0.2, 0.25) is 5.04 Å². The zero-order chi connectivity index (χ0) is 43.0. The Hall–Kier alpha value is -3.99. The molecule has 2 aliphatic heterocycles. The molecule has 0 saturated carbocycles. The smallest absolute Gasteiger partial charge is 0.338 e. The Morgan fingerprint density at radius 2 is 1.25 bits per heavy atom. The van der Waals surface area contributed by atoms with Gasteiger partial charge in [-0.15, -0.1) is 0 Å². The summed E-state index contributed by atoms with van der Waals surface area (Å²) in [5, 5.41) is 1.60. The highest BCUT2D eigenvalue weighted by Gasteiger charge is 2.61. The van der Waals surface area contributed by atoms with Gasteiger partial charge in [-0.25, -0.2) is 4.79 Å². The zero-order valence-corrected chi connectivity index (χ0v) is 36.8. The van der Waals surface area contributed by atoms with Crippen LogP contribution in [-0.2, 0) is 68.0 Å². The fourth-order valence-electron chi connectivity index (χ4n) is 8.56. The lowest BCUT2D eigenvalue weighted by atomic mass is 9.77. The highest BCUT2D eigenvalue weighted by atomic mass is 28.4. The van der Waals surface area contributed by atoms with Crippen LogP contribution in [0.1, 0.15) is 60.5 Å². The van der Waals surface area contributed by atoms with E-state index in [9.17, 15) is 14.4 Å². The predicted molar refractivity (Wildman–Crippen MR) is 220 cm³/mol. The molecule has 0 aliphatic carbocycles. The van der Waals surface area contributed by atoms with E-state index in [1.165, 1.54) is 35.2 Å². The summed E-state index contributed by atoms with van der Waals surface area (Å²) in [5.41, 5.74) is -0.700. The standard InChI is InChI=1S/C45H60O13Si/c1-11-45(43(48)51-10)29(2)36(49-8)39(50-9)42(58-45)57-37-35(28-53-59(44(5,6)7,33-23-17-13-18-24-33)34-25-19-14-20-26-34)56-41(55-31(4)47)40(38(37)54-30(3)46)52-27-32-21-15-12-16-22-32/h12-26,29,35-42H,11,27-28H2,1-10H3/t29-,35?,36-,37+,38-,39?,40?,41-,42+,45?/m0/s1. The lowest BCUT2D eigenvalue weighted by Crippen LogP contribution is -2.70. The van der Waals surface area contributed by atoms with Gasteiger partial charge in [0.2, 0.25) is 6.29 Å². The molecule has 5 rings (SSSR count). The summed E-state index contributed by atoms with van der Waals surface area (Å²) in [6.45, 7) is 12.5. The van der Waals surface area contributed by atoms with E-state index in [4.69, 9.17) is 47.1 Å². The van der Waals surface area contributed by atoms with Gasteiger partial charge in [-0.2, -0.15) is 0 Å². The largest absolute Gasteiger partial charge is 0.467 e. The van der Waals surface area contributed by atoms with Gasteiger partial charge in [-0.05, 0) is 27.4 Å². The normalized spacial score (nSPS) is 28.7. The van der Waals surface area contributed by atoms with Gasteiger partial charge in [0, 0.05) is 34.0 Å². The molecule has 2 fully saturated rings. The molecule has 2 heterocycles. The van der Waals surface area contributed by atoms with Crippen LogP contribution < -0.4 is 10.4 Å². The molecule has 2 aliphatic rings. The van der Waals surface area contributed by atoms with Crippen molar-refractivity contribution in [1.82, 2.24) is 0 Å². The lowest BCUT2D eigenvalue weighted by Gasteiger charge is -2.52. The maximum Gasteiger partial charge on any atom is 0.338 e.